The highest BCUT2D eigenvalue weighted by atomic mass is 35.5. The highest BCUT2D eigenvalue weighted by Crippen LogP contribution is 2.27. The number of likely N-dealkylation sites (N-methyl/N-ethyl adjacent to an activating group) is 1. The van der Waals surface area contributed by atoms with E-state index >= 15 is 0 Å². The van der Waals surface area contributed by atoms with Crippen LogP contribution in [0.4, 0.5) is 0 Å². The van der Waals surface area contributed by atoms with Crippen LogP contribution in [0, 0.1) is 16.0 Å². The lowest BCUT2D eigenvalue weighted by Crippen LogP contribution is -2.48. The van der Waals surface area contributed by atoms with Crippen LogP contribution in [-0.2, 0) is 4.74 Å². The molecule has 0 saturated carbocycles. The minimum atomic E-state index is -2.20. The third-order valence-corrected chi connectivity index (χ3v) is 3.51. The number of alkyl halides is 2. The Morgan fingerprint density at radius 1 is 1.67 bits per heavy atom. The summed E-state index contributed by atoms with van der Waals surface area (Å²) >= 11 is 11.5. The first-order valence-corrected chi connectivity index (χ1v) is 6.51. The molecule has 8 heteroatoms. The van der Waals surface area contributed by atoms with Crippen LogP contribution >= 0.6 is 23.2 Å². The van der Waals surface area contributed by atoms with Crippen LogP contribution in [-0.4, -0.2) is 53.5 Å². The quantitative estimate of drug-likeness (QED) is 0.194. The molecule has 0 aromatic carbocycles. The summed E-state index contributed by atoms with van der Waals surface area (Å²) in [5.41, 5.74) is 0. The Kier molecular flexibility index (Phi) is 5.62. The van der Waals surface area contributed by atoms with E-state index in [2.05, 4.69) is 4.99 Å². The highest BCUT2D eigenvalue weighted by Gasteiger charge is 2.47. The predicted molar refractivity (Wildman–Crippen MR) is 71.0 cm³/mol. The summed E-state index contributed by atoms with van der Waals surface area (Å²) in [6.45, 7) is 4.42. The van der Waals surface area contributed by atoms with Gasteiger partial charge in [0.15, 0.2) is 0 Å². The van der Waals surface area contributed by atoms with Crippen LogP contribution in [0.5, 0.6) is 0 Å². The van der Waals surface area contributed by atoms with E-state index in [0.29, 0.717) is 25.6 Å². The normalized spacial score (nSPS) is 21.1. The topological polar surface area (TPSA) is 68.0 Å². The standard InChI is InChI=1S/C10H17Cl2N3O3/c1-3-14(6-8-4-5-18-7-8)9(13-2)10(11,12)15(16)17/h8H,3-7H2,1-2H3. The molecule has 104 valence electrons. The summed E-state index contributed by atoms with van der Waals surface area (Å²) in [5, 5.41) is 10.9. The van der Waals surface area contributed by atoms with E-state index < -0.39 is 9.38 Å². The molecular weight excluding hydrogens is 281 g/mol. The number of nitro groups is 1. The molecule has 1 unspecified atom stereocenters. The summed E-state index contributed by atoms with van der Waals surface area (Å²) < 4.78 is 3.08. The molecule has 1 aliphatic heterocycles. The van der Waals surface area contributed by atoms with Crippen molar-refractivity contribution in [3.05, 3.63) is 10.1 Å². The number of amidine groups is 1. The first kappa shape index (κ1) is 15.5. The summed E-state index contributed by atoms with van der Waals surface area (Å²) in [5.74, 6) is 0.405. The van der Waals surface area contributed by atoms with E-state index in [1.165, 1.54) is 7.05 Å². The van der Waals surface area contributed by atoms with Crippen LogP contribution < -0.4 is 0 Å². The second kappa shape index (κ2) is 6.54. The van der Waals surface area contributed by atoms with Gasteiger partial charge in [-0.2, -0.15) is 0 Å². The molecule has 18 heavy (non-hydrogen) atoms. The minimum absolute atomic E-state index is 0.0743. The van der Waals surface area contributed by atoms with Crippen LogP contribution in [0.15, 0.2) is 4.99 Å². The van der Waals surface area contributed by atoms with Gasteiger partial charge < -0.3 is 9.64 Å². The van der Waals surface area contributed by atoms with Crippen LogP contribution in [0.25, 0.3) is 0 Å². The van der Waals surface area contributed by atoms with Crippen molar-refractivity contribution in [3.63, 3.8) is 0 Å². The second-order valence-electron chi connectivity index (χ2n) is 4.11. The Hall–Kier alpha value is -0.590. The average Bonchev–Trinajstić information content (AvgIpc) is 2.80. The Bertz CT molecular complexity index is 330. The summed E-state index contributed by atoms with van der Waals surface area (Å²) in [7, 11) is 1.45. The monoisotopic (exact) mass is 297 g/mol. The fraction of sp³-hybridized carbons (Fsp3) is 0.900. The Balaban J connectivity index is 2.80. The molecule has 1 aliphatic rings. The zero-order chi connectivity index (χ0) is 13.8. The molecule has 1 saturated heterocycles. The van der Waals surface area contributed by atoms with Crippen LogP contribution in [0.1, 0.15) is 13.3 Å². The van der Waals surface area contributed by atoms with Crippen molar-refractivity contribution < 1.29 is 9.66 Å². The van der Waals surface area contributed by atoms with Gasteiger partial charge in [-0.15, -0.1) is 0 Å². The molecular formula is C10H17Cl2N3O3. The minimum Gasteiger partial charge on any atom is -0.381 e. The number of nitrogens with zero attached hydrogens (tertiary/aromatic N) is 3. The third-order valence-electron chi connectivity index (χ3n) is 2.89. The Labute approximate surface area is 116 Å². The van der Waals surface area contributed by atoms with Crippen molar-refractivity contribution in [2.75, 3.05) is 33.4 Å². The van der Waals surface area contributed by atoms with E-state index in [1.54, 1.807) is 4.90 Å². The van der Waals surface area contributed by atoms with Gasteiger partial charge in [0.1, 0.15) is 0 Å². The first-order valence-electron chi connectivity index (χ1n) is 5.75. The second-order valence-corrected chi connectivity index (χ2v) is 5.40. The zero-order valence-electron chi connectivity index (χ0n) is 10.4. The molecule has 1 heterocycles. The van der Waals surface area contributed by atoms with Gasteiger partial charge in [0.25, 0.3) is 0 Å². The fourth-order valence-corrected chi connectivity index (χ4v) is 2.36. The number of rotatable bonds is 5. The largest absolute Gasteiger partial charge is 0.428 e. The maximum Gasteiger partial charge on any atom is 0.428 e. The van der Waals surface area contributed by atoms with E-state index in [9.17, 15) is 10.1 Å². The maximum absolute atomic E-state index is 10.9. The van der Waals surface area contributed by atoms with E-state index in [4.69, 9.17) is 27.9 Å². The van der Waals surface area contributed by atoms with Crippen molar-refractivity contribution in [1.29, 1.82) is 0 Å². The maximum atomic E-state index is 10.9. The fourth-order valence-electron chi connectivity index (χ4n) is 1.95. The van der Waals surface area contributed by atoms with Gasteiger partial charge >= 0.3 is 4.46 Å². The summed E-state index contributed by atoms with van der Waals surface area (Å²) in [6, 6.07) is 0. The molecule has 0 aliphatic carbocycles. The number of ether oxygens (including phenoxy) is 1. The van der Waals surface area contributed by atoms with Gasteiger partial charge in [-0.1, -0.05) is 0 Å². The molecule has 1 atom stereocenters. The number of hydrogen-bond acceptors (Lipinski definition) is 4. The zero-order valence-corrected chi connectivity index (χ0v) is 11.9. The van der Waals surface area contributed by atoms with E-state index in [1.807, 2.05) is 6.92 Å². The molecule has 0 amide bonds. The number of aliphatic imine (C=N–C) groups is 1. The smallest absolute Gasteiger partial charge is 0.381 e. The lowest BCUT2D eigenvalue weighted by atomic mass is 10.1. The molecule has 1 rings (SSSR count). The molecule has 6 nitrogen and oxygen atoms in total. The third kappa shape index (κ3) is 3.46. The molecule has 0 N–H and O–H groups in total. The van der Waals surface area contributed by atoms with Gasteiger partial charge in [-0.3, -0.25) is 15.1 Å². The summed E-state index contributed by atoms with van der Waals surface area (Å²) in [6.07, 6.45) is 0.934. The van der Waals surface area contributed by atoms with Crippen molar-refractivity contribution >= 4 is 29.0 Å². The number of hydrogen-bond donors (Lipinski definition) is 0. The molecule has 0 bridgehead atoms. The average molecular weight is 298 g/mol. The molecule has 0 aromatic heterocycles. The van der Waals surface area contributed by atoms with Crippen LogP contribution in [0.2, 0.25) is 0 Å². The van der Waals surface area contributed by atoms with Gasteiger partial charge in [0, 0.05) is 32.7 Å². The first-order chi connectivity index (χ1) is 8.43. The SMILES string of the molecule is CCN(CC1CCOC1)C(=NC)C(Cl)(Cl)[N+](=O)[O-]. The predicted octanol–water partition coefficient (Wildman–Crippen LogP) is 1.78. The van der Waals surface area contributed by atoms with Gasteiger partial charge in [0.05, 0.1) is 11.5 Å². The van der Waals surface area contributed by atoms with Crippen molar-refractivity contribution in [3.8, 4) is 0 Å². The summed E-state index contributed by atoms with van der Waals surface area (Å²) in [4.78, 5) is 15.8. The van der Waals surface area contributed by atoms with Crippen molar-refractivity contribution in [2.24, 2.45) is 10.9 Å². The lowest BCUT2D eigenvalue weighted by Gasteiger charge is -2.28. The van der Waals surface area contributed by atoms with Crippen molar-refractivity contribution in [2.45, 2.75) is 17.8 Å². The Morgan fingerprint density at radius 3 is 2.72 bits per heavy atom. The lowest BCUT2D eigenvalue weighted by molar-refractivity contribution is -0.497. The van der Waals surface area contributed by atoms with E-state index in [-0.39, 0.29) is 5.84 Å². The van der Waals surface area contributed by atoms with Gasteiger partial charge in [-0.25, -0.2) is 0 Å². The van der Waals surface area contributed by atoms with E-state index in [0.717, 1.165) is 13.0 Å². The molecule has 1 fully saturated rings. The van der Waals surface area contributed by atoms with Gasteiger partial charge in [-0.05, 0) is 36.5 Å². The van der Waals surface area contributed by atoms with Crippen LogP contribution in [0.3, 0.4) is 0 Å². The van der Waals surface area contributed by atoms with Gasteiger partial charge in [0.2, 0.25) is 5.84 Å². The highest BCUT2D eigenvalue weighted by molar-refractivity contribution is 6.57. The number of halogens is 2. The molecule has 0 radical (unpaired) electrons. The molecule has 0 aromatic rings. The van der Waals surface area contributed by atoms with Crippen molar-refractivity contribution in [1.82, 2.24) is 4.90 Å². The molecule has 0 spiro atoms. The Morgan fingerprint density at radius 2 is 2.33 bits per heavy atom.